The summed E-state index contributed by atoms with van der Waals surface area (Å²) in [5, 5.41) is 6.84. The lowest BCUT2D eigenvalue weighted by Gasteiger charge is -2.12. The van der Waals surface area contributed by atoms with Crippen molar-refractivity contribution in [2.75, 3.05) is 10.0 Å². The lowest BCUT2D eigenvalue weighted by atomic mass is 10.2. The van der Waals surface area contributed by atoms with E-state index in [9.17, 15) is 13.2 Å². The molecule has 0 unspecified atom stereocenters. The number of fused-ring (bicyclic) bond motifs is 1. The van der Waals surface area contributed by atoms with E-state index in [0.717, 1.165) is 5.56 Å². The van der Waals surface area contributed by atoms with Gasteiger partial charge in [0.05, 0.1) is 18.0 Å². The molecular formula is C18H15ClN4O3S. The molecule has 7 nitrogen and oxygen atoms in total. The van der Waals surface area contributed by atoms with Crippen LogP contribution in [-0.2, 0) is 27.8 Å². The van der Waals surface area contributed by atoms with Gasteiger partial charge in [0.15, 0.2) is 0 Å². The average Bonchev–Trinajstić information content (AvgIpc) is 3.22. The minimum absolute atomic E-state index is 0.0520. The summed E-state index contributed by atoms with van der Waals surface area (Å²) in [6.07, 6.45) is 3.65. The van der Waals surface area contributed by atoms with Gasteiger partial charge in [0, 0.05) is 23.8 Å². The van der Waals surface area contributed by atoms with Gasteiger partial charge in [-0.2, -0.15) is 5.10 Å². The highest BCUT2D eigenvalue weighted by Crippen LogP contribution is 2.33. The molecule has 1 amide bonds. The smallest absolute Gasteiger partial charge is 0.263 e. The molecule has 0 bridgehead atoms. The van der Waals surface area contributed by atoms with Gasteiger partial charge in [0.2, 0.25) is 5.91 Å². The fraction of sp³-hybridized carbons (Fsp3) is 0.111. The quantitative estimate of drug-likeness (QED) is 0.686. The molecule has 3 aromatic rings. The zero-order valence-corrected chi connectivity index (χ0v) is 15.6. The molecule has 0 atom stereocenters. The molecule has 4 rings (SSSR count). The number of hydrogen-bond acceptors (Lipinski definition) is 4. The van der Waals surface area contributed by atoms with Crippen LogP contribution in [0.4, 0.5) is 11.4 Å². The SMILES string of the molecule is O=C1Cc2cc(S(=O)(=O)Nc3cccc(Cn4cccn4)c3)c(Cl)cc2N1. The summed E-state index contributed by atoms with van der Waals surface area (Å²) in [5.41, 5.74) is 2.47. The molecule has 1 aliphatic rings. The molecule has 9 heteroatoms. The summed E-state index contributed by atoms with van der Waals surface area (Å²) in [5.74, 6) is -0.185. The normalized spacial score (nSPS) is 13.3. The molecule has 0 fully saturated rings. The van der Waals surface area contributed by atoms with Gasteiger partial charge in [-0.3, -0.25) is 14.2 Å². The van der Waals surface area contributed by atoms with Gasteiger partial charge >= 0.3 is 0 Å². The van der Waals surface area contributed by atoms with E-state index in [1.807, 2.05) is 18.3 Å². The molecule has 0 aliphatic carbocycles. The Morgan fingerprint density at radius 1 is 1.22 bits per heavy atom. The summed E-state index contributed by atoms with van der Waals surface area (Å²) in [4.78, 5) is 11.4. The average molecular weight is 403 g/mol. The molecule has 1 aliphatic heterocycles. The monoisotopic (exact) mass is 402 g/mol. The van der Waals surface area contributed by atoms with Crippen molar-refractivity contribution < 1.29 is 13.2 Å². The largest absolute Gasteiger partial charge is 0.325 e. The molecule has 0 saturated heterocycles. The third-order valence-corrected chi connectivity index (χ3v) is 6.00. The van der Waals surface area contributed by atoms with Crippen LogP contribution in [0.1, 0.15) is 11.1 Å². The van der Waals surface area contributed by atoms with Crippen molar-refractivity contribution in [2.24, 2.45) is 0 Å². The van der Waals surface area contributed by atoms with E-state index in [1.165, 1.54) is 12.1 Å². The van der Waals surface area contributed by atoms with Crippen molar-refractivity contribution in [2.45, 2.75) is 17.9 Å². The zero-order valence-electron chi connectivity index (χ0n) is 14.0. The standard InChI is InChI=1S/C18H15ClN4O3S/c19-15-10-16-13(9-18(24)21-16)8-17(15)27(25,26)22-14-4-1-3-12(7-14)11-23-6-2-5-20-23/h1-8,10,22H,9,11H2,(H,21,24). The maximum atomic E-state index is 12.8. The molecule has 2 heterocycles. The van der Waals surface area contributed by atoms with Crippen molar-refractivity contribution in [3.63, 3.8) is 0 Å². The fourth-order valence-electron chi connectivity index (χ4n) is 2.96. The van der Waals surface area contributed by atoms with Gasteiger partial charge in [-0.1, -0.05) is 23.7 Å². The van der Waals surface area contributed by atoms with Crippen LogP contribution in [0.3, 0.4) is 0 Å². The highest BCUT2D eigenvalue weighted by molar-refractivity contribution is 7.92. The Bertz CT molecular complexity index is 1130. The first-order chi connectivity index (χ1) is 12.9. The number of carbonyl (C=O) groups excluding carboxylic acids is 1. The third kappa shape index (κ3) is 3.67. The minimum atomic E-state index is -3.91. The first-order valence-corrected chi connectivity index (χ1v) is 9.98. The van der Waals surface area contributed by atoms with E-state index in [0.29, 0.717) is 23.5 Å². The molecule has 2 N–H and O–H groups in total. The third-order valence-electron chi connectivity index (χ3n) is 4.16. The summed E-state index contributed by atoms with van der Waals surface area (Å²) in [7, 11) is -3.91. The first-order valence-electron chi connectivity index (χ1n) is 8.12. The summed E-state index contributed by atoms with van der Waals surface area (Å²) < 4.78 is 29.9. The van der Waals surface area contributed by atoms with Crippen LogP contribution < -0.4 is 10.0 Å². The molecular weight excluding hydrogens is 388 g/mol. The van der Waals surface area contributed by atoms with Gasteiger partial charge < -0.3 is 5.32 Å². The number of rotatable bonds is 5. The molecule has 0 spiro atoms. The number of benzene rings is 2. The van der Waals surface area contributed by atoms with Crippen molar-refractivity contribution in [1.29, 1.82) is 0 Å². The highest BCUT2D eigenvalue weighted by atomic mass is 35.5. The number of nitrogens with one attached hydrogen (secondary N) is 2. The van der Waals surface area contributed by atoms with Crippen molar-refractivity contribution in [3.05, 3.63) is 71.0 Å². The minimum Gasteiger partial charge on any atom is -0.325 e. The van der Waals surface area contributed by atoms with Gasteiger partial charge in [-0.05, 0) is 41.5 Å². The van der Waals surface area contributed by atoms with E-state index in [1.54, 1.807) is 29.1 Å². The Kier molecular flexibility index (Phi) is 4.37. The van der Waals surface area contributed by atoms with E-state index >= 15 is 0 Å². The summed E-state index contributed by atoms with van der Waals surface area (Å²) in [6.45, 7) is 0.524. The van der Waals surface area contributed by atoms with Crippen molar-refractivity contribution in [1.82, 2.24) is 9.78 Å². The lowest BCUT2D eigenvalue weighted by Crippen LogP contribution is -2.14. The predicted molar refractivity (Wildman–Crippen MR) is 102 cm³/mol. The van der Waals surface area contributed by atoms with Gasteiger partial charge in [0.25, 0.3) is 10.0 Å². The Balaban J connectivity index is 1.61. The number of anilines is 2. The number of nitrogens with zero attached hydrogens (tertiary/aromatic N) is 2. The second kappa shape index (κ2) is 6.71. The van der Waals surface area contributed by atoms with Crippen LogP contribution in [0.5, 0.6) is 0 Å². The Morgan fingerprint density at radius 3 is 2.85 bits per heavy atom. The fourth-order valence-corrected chi connectivity index (χ4v) is 4.58. The molecule has 0 saturated carbocycles. The maximum Gasteiger partial charge on any atom is 0.263 e. The second-order valence-electron chi connectivity index (χ2n) is 6.17. The van der Waals surface area contributed by atoms with E-state index < -0.39 is 10.0 Å². The van der Waals surface area contributed by atoms with E-state index in [-0.39, 0.29) is 22.2 Å². The van der Waals surface area contributed by atoms with E-state index in [2.05, 4.69) is 15.1 Å². The number of hydrogen-bond donors (Lipinski definition) is 2. The van der Waals surface area contributed by atoms with Crippen molar-refractivity contribution >= 4 is 38.9 Å². The number of carbonyl (C=O) groups is 1. The molecule has 1 aromatic heterocycles. The number of aromatic nitrogens is 2. The van der Waals surface area contributed by atoms with Gasteiger partial charge in [0.1, 0.15) is 4.90 Å². The van der Waals surface area contributed by atoms with Crippen LogP contribution in [-0.4, -0.2) is 24.1 Å². The lowest BCUT2D eigenvalue weighted by molar-refractivity contribution is -0.115. The summed E-state index contributed by atoms with van der Waals surface area (Å²) >= 11 is 6.15. The van der Waals surface area contributed by atoms with Crippen LogP contribution in [0, 0.1) is 0 Å². The summed E-state index contributed by atoms with van der Waals surface area (Å²) in [6, 6.07) is 11.8. The molecule has 2 aromatic carbocycles. The van der Waals surface area contributed by atoms with E-state index in [4.69, 9.17) is 11.6 Å². The number of halogens is 1. The van der Waals surface area contributed by atoms with Crippen LogP contribution >= 0.6 is 11.6 Å². The zero-order chi connectivity index (χ0) is 19.0. The molecule has 27 heavy (non-hydrogen) atoms. The van der Waals surface area contributed by atoms with Crippen molar-refractivity contribution in [3.8, 4) is 0 Å². The molecule has 138 valence electrons. The first kappa shape index (κ1) is 17.6. The molecule has 0 radical (unpaired) electrons. The van der Waals surface area contributed by atoms with Gasteiger partial charge in [-0.15, -0.1) is 0 Å². The van der Waals surface area contributed by atoms with Crippen LogP contribution in [0.2, 0.25) is 5.02 Å². The Hall–Kier alpha value is -2.84. The predicted octanol–water partition coefficient (Wildman–Crippen LogP) is 2.88. The number of amides is 1. The Labute approximate surface area is 161 Å². The van der Waals surface area contributed by atoms with Crippen LogP contribution in [0.25, 0.3) is 0 Å². The topological polar surface area (TPSA) is 93.1 Å². The highest BCUT2D eigenvalue weighted by Gasteiger charge is 2.25. The Morgan fingerprint density at radius 2 is 2.07 bits per heavy atom. The maximum absolute atomic E-state index is 12.8. The second-order valence-corrected chi connectivity index (χ2v) is 8.23. The number of sulfonamides is 1. The van der Waals surface area contributed by atoms with Gasteiger partial charge in [-0.25, -0.2) is 8.42 Å². The van der Waals surface area contributed by atoms with Crippen LogP contribution in [0.15, 0.2) is 59.8 Å².